The molecule has 1 N–H and O–H groups in total. The minimum Gasteiger partial charge on any atom is -0.324 e. The zero-order valence-electron chi connectivity index (χ0n) is 6.90. The fourth-order valence-electron chi connectivity index (χ4n) is 1.44. The summed E-state index contributed by atoms with van der Waals surface area (Å²) in [5.74, 6) is -0.189. The smallest absolute Gasteiger partial charge is 0.231 e. The van der Waals surface area contributed by atoms with Crippen molar-refractivity contribution in [2.45, 2.75) is 12.8 Å². The second kappa shape index (κ2) is 2.89. The number of carbonyl (C=O) groups is 1. The van der Waals surface area contributed by atoms with Crippen LogP contribution in [0.25, 0.3) is 0 Å². The molecule has 1 aliphatic rings. The quantitative estimate of drug-likeness (QED) is 0.709. The first kappa shape index (κ1) is 8.85. The van der Waals surface area contributed by atoms with E-state index in [1.54, 1.807) is 12.1 Å². The second-order valence-corrected chi connectivity index (χ2v) is 3.91. The van der Waals surface area contributed by atoms with Crippen LogP contribution in [0.1, 0.15) is 18.4 Å². The van der Waals surface area contributed by atoms with Gasteiger partial charge in [0.1, 0.15) is 0 Å². The van der Waals surface area contributed by atoms with Gasteiger partial charge in [-0.1, -0.05) is 23.2 Å². The van der Waals surface area contributed by atoms with Gasteiger partial charge in [-0.05, 0) is 24.6 Å². The molecule has 1 unspecified atom stereocenters. The minimum atomic E-state index is -0.161. The highest BCUT2D eigenvalue weighted by molar-refractivity contribution is 6.37. The molecule has 0 saturated heterocycles. The first-order valence-corrected chi connectivity index (χ1v) is 4.65. The topological polar surface area (TPSA) is 29.1 Å². The molecular formula is C9H7Cl2NO. The normalized spacial score (nSPS) is 19.9. The molecule has 1 heterocycles. The van der Waals surface area contributed by atoms with E-state index in [1.165, 1.54) is 0 Å². The van der Waals surface area contributed by atoms with Crippen LogP contribution in [0, 0.1) is 0 Å². The molecule has 0 fully saturated rings. The fraction of sp³-hybridized carbons (Fsp3) is 0.222. The Kier molecular flexibility index (Phi) is 1.97. The summed E-state index contributed by atoms with van der Waals surface area (Å²) in [6.07, 6.45) is 0. The van der Waals surface area contributed by atoms with Crippen LogP contribution in [0.15, 0.2) is 12.1 Å². The van der Waals surface area contributed by atoms with Gasteiger partial charge in [0.15, 0.2) is 0 Å². The molecule has 68 valence electrons. The van der Waals surface area contributed by atoms with E-state index in [9.17, 15) is 4.79 Å². The maximum Gasteiger partial charge on any atom is 0.231 e. The monoisotopic (exact) mass is 215 g/mol. The molecule has 0 aliphatic carbocycles. The van der Waals surface area contributed by atoms with E-state index in [0.717, 1.165) is 5.56 Å². The molecule has 1 atom stereocenters. The van der Waals surface area contributed by atoms with Crippen LogP contribution in [0.3, 0.4) is 0 Å². The molecule has 1 amide bonds. The Morgan fingerprint density at radius 2 is 2.08 bits per heavy atom. The summed E-state index contributed by atoms with van der Waals surface area (Å²) >= 11 is 11.7. The Labute approximate surface area is 85.8 Å². The Morgan fingerprint density at radius 1 is 1.38 bits per heavy atom. The number of hydrogen-bond donors (Lipinski definition) is 1. The van der Waals surface area contributed by atoms with Gasteiger partial charge in [-0.2, -0.15) is 0 Å². The van der Waals surface area contributed by atoms with Gasteiger partial charge in [-0.25, -0.2) is 0 Å². The molecule has 1 aromatic carbocycles. The van der Waals surface area contributed by atoms with Crippen molar-refractivity contribution in [2.75, 3.05) is 5.32 Å². The highest BCUT2D eigenvalue weighted by Crippen LogP contribution is 2.39. The van der Waals surface area contributed by atoms with E-state index in [0.29, 0.717) is 15.7 Å². The van der Waals surface area contributed by atoms with Crippen LogP contribution >= 0.6 is 23.2 Å². The molecular weight excluding hydrogens is 209 g/mol. The van der Waals surface area contributed by atoms with Gasteiger partial charge in [0.05, 0.1) is 16.6 Å². The lowest BCUT2D eigenvalue weighted by Crippen LogP contribution is -2.08. The van der Waals surface area contributed by atoms with Crippen LogP contribution in [0.5, 0.6) is 0 Å². The Balaban J connectivity index is 2.63. The van der Waals surface area contributed by atoms with E-state index in [-0.39, 0.29) is 11.8 Å². The molecule has 1 aliphatic heterocycles. The molecule has 2 rings (SSSR count). The second-order valence-electron chi connectivity index (χ2n) is 3.06. The zero-order chi connectivity index (χ0) is 9.59. The van der Waals surface area contributed by atoms with Crippen molar-refractivity contribution >= 4 is 34.8 Å². The molecule has 0 spiro atoms. The van der Waals surface area contributed by atoms with Crippen molar-refractivity contribution in [3.8, 4) is 0 Å². The molecule has 0 bridgehead atoms. The van der Waals surface area contributed by atoms with E-state index < -0.39 is 0 Å². The number of hydrogen-bond acceptors (Lipinski definition) is 1. The van der Waals surface area contributed by atoms with Crippen molar-refractivity contribution in [3.05, 3.63) is 27.7 Å². The van der Waals surface area contributed by atoms with E-state index in [4.69, 9.17) is 23.2 Å². The lowest BCUT2D eigenvalue weighted by atomic mass is 10.0. The average molecular weight is 216 g/mol. The number of fused-ring (bicyclic) bond motifs is 1. The highest BCUT2D eigenvalue weighted by atomic mass is 35.5. The third kappa shape index (κ3) is 1.30. The lowest BCUT2D eigenvalue weighted by molar-refractivity contribution is -0.116. The number of halogens is 2. The largest absolute Gasteiger partial charge is 0.324 e. The standard InChI is InChI=1S/C9H7Cl2NO/c1-4-6-2-5(10)3-7(11)8(6)12-9(4)13/h2-4H,1H3,(H,12,13). The van der Waals surface area contributed by atoms with Gasteiger partial charge in [-0.15, -0.1) is 0 Å². The summed E-state index contributed by atoms with van der Waals surface area (Å²) in [5.41, 5.74) is 1.58. The number of rotatable bonds is 0. The fourth-order valence-corrected chi connectivity index (χ4v) is 2.00. The van der Waals surface area contributed by atoms with E-state index >= 15 is 0 Å². The van der Waals surface area contributed by atoms with Crippen LogP contribution in [0.2, 0.25) is 10.0 Å². The first-order chi connectivity index (χ1) is 6.09. The van der Waals surface area contributed by atoms with Crippen LogP contribution in [-0.4, -0.2) is 5.91 Å². The van der Waals surface area contributed by atoms with Crippen molar-refractivity contribution in [3.63, 3.8) is 0 Å². The third-order valence-electron chi connectivity index (χ3n) is 2.19. The average Bonchev–Trinajstić information content (AvgIpc) is 2.32. The summed E-state index contributed by atoms with van der Waals surface area (Å²) in [7, 11) is 0. The van der Waals surface area contributed by atoms with Gasteiger partial charge in [0.2, 0.25) is 5.91 Å². The maximum absolute atomic E-state index is 11.3. The summed E-state index contributed by atoms with van der Waals surface area (Å²) in [5, 5.41) is 3.78. The zero-order valence-corrected chi connectivity index (χ0v) is 8.41. The number of carbonyl (C=O) groups excluding carboxylic acids is 1. The number of anilines is 1. The number of benzene rings is 1. The van der Waals surface area contributed by atoms with Crippen LogP contribution in [0.4, 0.5) is 5.69 Å². The van der Waals surface area contributed by atoms with Gasteiger partial charge in [0.25, 0.3) is 0 Å². The van der Waals surface area contributed by atoms with E-state index in [2.05, 4.69) is 5.32 Å². The number of amides is 1. The summed E-state index contributed by atoms with van der Waals surface area (Å²) in [6.45, 7) is 1.83. The Hall–Kier alpha value is -0.730. The van der Waals surface area contributed by atoms with Crippen molar-refractivity contribution < 1.29 is 4.79 Å². The van der Waals surface area contributed by atoms with Gasteiger partial charge in [-0.3, -0.25) is 4.79 Å². The highest BCUT2D eigenvalue weighted by Gasteiger charge is 2.28. The molecule has 0 saturated carbocycles. The molecule has 2 nitrogen and oxygen atoms in total. The predicted octanol–water partition coefficient (Wildman–Crippen LogP) is 3.05. The van der Waals surface area contributed by atoms with Gasteiger partial charge in [0, 0.05) is 5.02 Å². The summed E-state index contributed by atoms with van der Waals surface area (Å²) in [4.78, 5) is 11.3. The molecule has 1 aromatic rings. The number of nitrogens with one attached hydrogen (secondary N) is 1. The summed E-state index contributed by atoms with van der Waals surface area (Å²) in [6, 6.07) is 3.39. The van der Waals surface area contributed by atoms with Gasteiger partial charge >= 0.3 is 0 Å². The van der Waals surface area contributed by atoms with Crippen molar-refractivity contribution in [1.29, 1.82) is 0 Å². The molecule has 4 heteroatoms. The molecule has 0 radical (unpaired) electrons. The predicted molar refractivity (Wildman–Crippen MR) is 53.5 cm³/mol. The third-order valence-corrected chi connectivity index (χ3v) is 2.71. The summed E-state index contributed by atoms with van der Waals surface area (Å²) < 4.78 is 0. The van der Waals surface area contributed by atoms with Gasteiger partial charge < -0.3 is 5.32 Å². The van der Waals surface area contributed by atoms with Crippen molar-refractivity contribution in [2.24, 2.45) is 0 Å². The van der Waals surface area contributed by atoms with Crippen LogP contribution < -0.4 is 5.32 Å². The molecule has 0 aromatic heterocycles. The Bertz CT molecular complexity index is 389. The maximum atomic E-state index is 11.3. The first-order valence-electron chi connectivity index (χ1n) is 3.89. The van der Waals surface area contributed by atoms with E-state index in [1.807, 2.05) is 6.92 Å². The molecule has 13 heavy (non-hydrogen) atoms. The SMILES string of the molecule is CC1C(=O)Nc2c(Cl)cc(Cl)cc21. The van der Waals surface area contributed by atoms with Crippen LogP contribution in [-0.2, 0) is 4.79 Å². The minimum absolute atomic E-state index is 0.0285. The Morgan fingerprint density at radius 3 is 2.77 bits per heavy atom. The van der Waals surface area contributed by atoms with Crippen molar-refractivity contribution in [1.82, 2.24) is 0 Å². The lowest BCUT2D eigenvalue weighted by Gasteiger charge is -2.03.